The highest BCUT2D eigenvalue weighted by molar-refractivity contribution is 5.15. The highest BCUT2D eigenvalue weighted by Gasteiger charge is 2.27. The molecule has 18 heavy (non-hydrogen) atoms. The van der Waals surface area contributed by atoms with E-state index in [4.69, 9.17) is 4.74 Å². The minimum Gasteiger partial charge on any atom is -0.494 e. The van der Waals surface area contributed by atoms with E-state index in [9.17, 15) is 0 Å². The molecule has 0 saturated carbocycles. The Morgan fingerprint density at radius 3 is 2.00 bits per heavy atom. The maximum absolute atomic E-state index is 5.65. The molecule has 0 fully saturated rings. The molecular weight excluding hydrogens is 220 g/mol. The van der Waals surface area contributed by atoms with Crippen LogP contribution in [0.4, 0.5) is 0 Å². The molecule has 0 rings (SSSR count). The summed E-state index contributed by atoms with van der Waals surface area (Å²) in [6.07, 6.45) is 2.40. The predicted molar refractivity (Wildman–Crippen MR) is 81.5 cm³/mol. The van der Waals surface area contributed by atoms with Crippen molar-refractivity contribution in [3.8, 4) is 0 Å². The summed E-state index contributed by atoms with van der Waals surface area (Å²) in [6.45, 7) is 24.2. The summed E-state index contributed by atoms with van der Waals surface area (Å²) < 4.78 is 5.65. The Morgan fingerprint density at radius 1 is 1.11 bits per heavy atom. The quantitative estimate of drug-likeness (QED) is 0.424. The van der Waals surface area contributed by atoms with E-state index >= 15 is 0 Å². The van der Waals surface area contributed by atoms with Crippen LogP contribution < -0.4 is 0 Å². The SMILES string of the molecule is C=C(C)C(=C)OCC(C)CC(C)(C)CC(C)(C)C. The first-order chi connectivity index (χ1) is 7.93. The largest absolute Gasteiger partial charge is 0.494 e. The first kappa shape index (κ1) is 17.3. The van der Waals surface area contributed by atoms with Crippen LogP contribution in [0, 0.1) is 16.7 Å². The maximum atomic E-state index is 5.65. The van der Waals surface area contributed by atoms with Gasteiger partial charge in [-0.1, -0.05) is 54.7 Å². The Kier molecular flexibility index (Phi) is 6.19. The van der Waals surface area contributed by atoms with E-state index in [-0.39, 0.29) is 0 Å². The molecule has 0 radical (unpaired) electrons. The smallest absolute Gasteiger partial charge is 0.114 e. The fourth-order valence-corrected chi connectivity index (χ4v) is 2.88. The second kappa shape index (κ2) is 6.45. The van der Waals surface area contributed by atoms with Crippen LogP contribution >= 0.6 is 0 Å². The molecule has 0 bridgehead atoms. The Bertz CT molecular complexity index is 291. The van der Waals surface area contributed by atoms with Crippen molar-refractivity contribution in [2.45, 2.75) is 61.3 Å². The van der Waals surface area contributed by atoms with E-state index < -0.39 is 0 Å². The number of ether oxygens (including phenoxy) is 1. The standard InChI is InChI=1S/C17H32O/c1-13(2)15(4)18-11-14(3)10-17(8,9)12-16(5,6)7/h14H,1,4,10-12H2,2-3,5-9H3. The average molecular weight is 252 g/mol. The predicted octanol–water partition coefficient (Wildman–Crippen LogP) is 5.58. The third kappa shape index (κ3) is 8.38. The Labute approximate surface area is 114 Å². The summed E-state index contributed by atoms with van der Waals surface area (Å²) in [5.41, 5.74) is 1.65. The number of rotatable bonds is 7. The molecule has 0 spiro atoms. The molecule has 0 amide bonds. The molecule has 1 heteroatoms. The van der Waals surface area contributed by atoms with Gasteiger partial charge in [0.1, 0.15) is 5.76 Å². The van der Waals surface area contributed by atoms with Crippen LogP contribution in [0.5, 0.6) is 0 Å². The van der Waals surface area contributed by atoms with Crippen molar-refractivity contribution in [3.05, 3.63) is 24.5 Å². The van der Waals surface area contributed by atoms with Gasteiger partial charge in [0.05, 0.1) is 6.61 Å². The zero-order valence-electron chi connectivity index (χ0n) is 13.5. The van der Waals surface area contributed by atoms with Gasteiger partial charge < -0.3 is 4.74 Å². The van der Waals surface area contributed by atoms with Gasteiger partial charge in [-0.25, -0.2) is 0 Å². The summed E-state index contributed by atoms with van der Waals surface area (Å²) in [6, 6.07) is 0. The fraction of sp³-hybridized carbons (Fsp3) is 0.765. The topological polar surface area (TPSA) is 9.23 Å². The van der Waals surface area contributed by atoms with Crippen molar-refractivity contribution in [3.63, 3.8) is 0 Å². The van der Waals surface area contributed by atoms with E-state index in [1.54, 1.807) is 0 Å². The lowest BCUT2D eigenvalue weighted by atomic mass is 9.72. The lowest BCUT2D eigenvalue weighted by Gasteiger charge is -2.34. The van der Waals surface area contributed by atoms with E-state index in [1.807, 2.05) is 6.92 Å². The highest BCUT2D eigenvalue weighted by atomic mass is 16.5. The van der Waals surface area contributed by atoms with Crippen LogP contribution in [-0.2, 0) is 4.74 Å². The van der Waals surface area contributed by atoms with Gasteiger partial charge in [0, 0.05) is 0 Å². The van der Waals surface area contributed by atoms with E-state index in [0.29, 0.717) is 16.7 Å². The van der Waals surface area contributed by atoms with Crippen LogP contribution in [0.3, 0.4) is 0 Å². The van der Waals surface area contributed by atoms with Crippen LogP contribution in [0.25, 0.3) is 0 Å². The van der Waals surface area contributed by atoms with Crippen LogP contribution in [0.15, 0.2) is 24.5 Å². The molecule has 1 atom stereocenters. The van der Waals surface area contributed by atoms with E-state index in [1.165, 1.54) is 12.8 Å². The Hall–Kier alpha value is -0.720. The molecule has 0 aromatic rings. The van der Waals surface area contributed by atoms with Gasteiger partial charge in [-0.15, -0.1) is 0 Å². The monoisotopic (exact) mass is 252 g/mol. The van der Waals surface area contributed by atoms with E-state index in [2.05, 4.69) is 54.7 Å². The van der Waals surface area contributed by atoms with Gasteiger partial charge >= 0.3 is 0 Å². The van der Waals surface area contributed by atoms with Gasteiger partial charge in [0.25, 0.3) is 0 Å². The Morgan fingerprint density at radius 2 is 1.61 bits per heavy atom. The molecule has 1 nitrogen and oxygen atoms in total. The molecule has 0 aromatic heterocycles. The third-order valence-electron chi connectivity index (χ3n) is 2.93. The summed E-state index contributed by atoms with van der Waals surface area (Å²) in [7, 11) is 0. The molecule has 0 saturated heterocycles. The second-order valence-electron chi connectivity index (χ2n) is 7.73. The molecule has 0 heterocycles. The molecule has 0 aliphatic carbocycles. The van der Waals surface area contributed by atoms with Crippen molar-refractivity contribution >= 4 is 0 Å². The summed E-state index contributed by atoms with van der Waals surface area (Å²) >= 11 is 0. The van der Waals surface area contributed by atoms with E-state index in [0.717, 1.165) is 17.9 Å². The third-order valence-corrected chi connectivity index (χ3v) is 2.93. The molecule has 1 unspecified atom stereocenters. The number of allylic oxidation sites excluding steroid dienone is 1. The molecule has 0 aliphatic rings. The average Bonchev–Trinajstić information content (AvgIpc) is 2.08. The van der Waals surface area contributed by atoms with Gasteiger partial charge in [-0.05, 0) is 42.1 Å². The lowest BCUT2D eigenvalue weighted by molar-refractivity contribution is 0.121. The zero-order chi connectivity index (χ0) is 14.6. The van der Waals surface area contributed by atoms with Gasteiger partial charge in [0.2, 0.25) is 0 Å². The summed E-state index contributed by atoms with van der Waals surface area (Å²) in [4.78, 5) is 0. The molecule has 106 valence electrons. The van der Waals surface area contributed by atoms with Crippen molar-refractivity contribution in [2.24, 2.45) is 16.7 Å². The van der Waals surface area contributed by atoms with Gasteiger partial charge in [-0.3, -0.25) is 0 Å². The molecular formula is C17H32O. The summed E-state index contributed by atoms with van der Waals surface area (Å²) in [5, 5.41) is 0. The molecule has 0 aliphatic heterocycles. The maximum Gasteiger partial charge on any atom is 0.114 e. The minimum atomic E-state index is 0.353. The summed E-state index contributed by atoms with van der Waals surface area (Å²) in [5.74, 6) is 1.26. The molecule has 0 aromatic carbocycles. The highest BCUT2D eigenvalue weighted by Crippen LogP contribution is 2.37. The van der Waals surface area contributed by atoms with Crippen molar-refractivity contribution in [1.82, 2.24) is 0 Å². The normalized spacial score (nSPS) is 14.2. The van der Waals surface area contributed by atoms with Crippen LogP contribution in [0.2, 0.25) is 0 Å². The van der Waals surface area contributed by atoms with Crippen molar-refractivity contribution < 1.29 is 4.74 Å². The molecule has 0 N–H and O–H groups in total. The number of hydrogen-bond acceptors (Lipinski definition) is 1. The fourth-order valence-electron chi connectivity index (χ4n) is 2.88. The first-order valence-corrected chi connectivity index (χ1v) is 6.90. The van der Waals surface area contributed by atoms with Crippen LogP contribution in [0.1, 0.15) is 61.3 Å². The van der Waals surface area contributed by atoms with Crippen LogP contribution in [-0.4, -0.2) is 6.61 Å². The Balaban J connectivity index is 4.18. The first-order valence-electron chi connectivity index (χ1n) is 6.90. The van der Waals surface area contributed by atoms with Crippen molar-refractivity contribution in [2.75, 3.05) is 6.61 Å². The van der Waals surface area contributed by atoms with Crippen molar-refractivity contribution in [1.29, 1.82) is 0 Å². The second-order valence-corrected chi connectivity index (χ2v) is 7.73. The lowest BCUT2D eigenvalue weighted by Crippen LogP contribution is -2.24. The van der Waals surface area contributed by atoms with Gasteiger partial charge in [-0.2, -0.15) is 0 Å². The zero-order valence-corrected chi connectivity index (χ0v) is 13.5. The minimum absolute atomic E-state index is 0.353. The number of hydrogen-bond donors (Lipinski definition) is 0. The van der Waals surface area contributed by atoms with Gasteiger partial charge in [0.15, 0.2) is 0 Å².